The number of carbonyl (C=O) groups is 1. The Morgan fingerprint density at radius 1 is 0.696 bits per heavy atom. The molecular weight excluding hydrogens is 829 g/mol. The number of amides is 1. The van der Waals surface area contributed by atoms with Gasteiger partial charge in [0.1, 0.15) is 12.4 Å². The lowest BCUT2D eigenvalue weighted by molar-refractivity contribution is -0.461. The normalized spacial score (nSPS) is 16.0. The third-order valence-electron chi connectivity index (χ3n) is 8.90. The fourth-order valence-electron chi connectivity index (χ4n) is 5.34. The Morgan fingerprint density at radius 3 is 1.57 bits per heavy atom. The molecule has 1 aromatic carbocycles. The number of hydrogen-bond donors (Lipinski definition) is 3. The molecule has 6 nitrogen and oxygen atoms in total. The summed E-state index contributed by atoms with van der Waals surface area (Å²) in [5.74, 6) is -57.8. The number of aliphatic hydroxyl groups is 1. The number of hydroxylamine groups is 1. The average molecular weight is 868 g/mol. The van der Waals surface area contributed by atoms with Crippen LogP contribution >= 0.6 is 0 Å². The molecule has 0 unspecified atom stereocenters. The highest BCUT2D eigenvalue weighted by atomic mass is 28.4. The van der Waals surface area contributed by atoms with Crippen LogP contribution in [0.4, 0.5) is 74.6 Å². The number of benzene rings is 1. The van der Waals surface area contributed by atoms with E-state index in [1.807, 2.05) is 0 Å². The molecule has 0 radical (unpaired) electrons. The topological polar surface area (TPSA) is 88.0 Å². The second-order valence-corrected chi connectivity index (χ2v) is 18.2. The van der Waals surface area contributed by atoms with Crippen LogP contribution in [0, 0.1) is 5.92 Å². The Hall–Kier alpha value is -3.12. The summed E-state index contributed by atoms with van der Waals surface area (Å²) in [6.45, 7) is 6.02. The van der Waals surface area contributed by atoms with E-state index in [1.54, 1.807) is 6.92 Å². The molecule has 324 valence electrons. The van der Waals surface area contributed by atoms with Crippen LogP contribution in [-0.4, -0.2) is 85.4 Å². The maximum absolute atomic E-state index is 14.8. The lowest BCUT2D eigenvalue weighted by Gasteiger charge is -2.44. The molecule has 56 heavy (non-hydrogen) atoms. The number of rotatable bonds is 21. The zero-order valence-electron chi connectivity index (χ0n) is 29.8. The molecule has 1 rings (SSSR count). The van der Waals surface area contributed by atoms with E-state index < -0.39 is 104 Å². The van der Waals surface area contributed by atoms with Gasteiger partial charge in [-0.2, -0.15) is 74.6 Å². The minimum atomic E-state index is -8.68. The van der Waals surface area contributed by atoms with Crippen LogP contribution in [-0.2, 0) is 9.22 Å². The molecule has 1 aromatic rings. The van der Waals surface area contributed by atoms with E-state index in [4.69, 9.17) is 14.4 Å². The van der Waals surface area contributed by atoms with Gasteiger partial charge >= 0.3 is 47.6 Å². The predicted octanol–water partition coefficient (Wildman–Crippen LogP) is 10.5. The second-order valence-electron chi connectivity index (χ2n) is 13.2. The van der Waals surface area contributed by atoms with Gasteiger partial charge in [-0.3, -0.25) is 10.0 Å². The smallest absolute Gasteiger partial charge is 0.460 e. The fourth-order valence-corrected chi connectivity index (χ4v) is 9.80. The molecule has 0 saturated carbocycles. The number of allylic oxidation sites excluding steroid dienone is 2. The third-order valence-corrected chi connectivity index (χ3v) is 14.6. The lowest BCUT2D eigenvalue weighted by atomic mass is 9.88. The zero-order valence-corrected chi connectivity index (χ0v) is 30.8. The van der Waals surface area contributed by atoms with E-state index in [0.717, 1.165) is 6.08 Å². The van der Waals surface area contributed by atoms with E-state index in [0.29, 0.717) is 5.56 Å². The highest BCUT2D eigenvalue weighted by molar-refractivity contribution is 6.76. The molecule has 0 fully saturated rings. The Balaban J connectivity index is 3.19. The summed E-state index contributed by atoms with van der Waals surface area (Å²) in [4.78, 5) is 11.0. The van der Waals surface area contributed by atoms with E-state index in [2.05, 4.69) is 0 Å². The minimum absolute atomic E-state index is 0.150. The van der Waals surface area contributed by atoms with Crippen LogP contribution < -0.4 is 10.2 Å². The van der Waals surface area contributed by atoms with Crippen LogP contribution in [0.2, 0.25) is 17.1 Å². The van der Waals surface area contributed by atoms with E-state index >= 15 is 0 Å². The summed E-state index contributed by atoms with van der Waals surface area (Å²) in [7, 11) is -3.95. The Labute approximate surface area is 309 Å². The zero-order chi connectivity index (χ0) is 44.1. The summed E-state index contributed by atoms with van der Waals surface area (Å²) in [5, 5.41) is 19.0. The maximum atomic E-state index is 14.8. The number of nitrogens with one attached hydrogen (secondary N) is 1. The van der Waals surface area contributed by atoms with Crippen LogP contribution in [0.3, 0.4) is 0 Å². The van der Waals surface area contributed by atoms with Gasteiger partial charge in [0, 0.05) is 18.4 Å². The fraction of sp³-hybridized carbons (Fsp3) is 0.656. The van der Waals surface area contributed by atoms with Gasteiger partial charge in [0.05, 0.1) is 12.7 Å². The molecule has 0 aliphatic heterocycles. The summed E-state index contributed by atoms with van der Waals surface area (Å²) in [6, 6.07) is 4.36. The maximum Gasteiger partial charge on any atom is 0.460 e. The van der Waals surface area contributed by atoms with Crippen LogP contribution in [0.1, 0.15) is 52.7 Å². The molecule has 0 aliphatic carbocycles. The third kappa shape index (κ3) is 9.76. The van der Waals surface area contributed by atoms with E-state index in [1.165, 1.54) is 75.7 Å². The van der Waals surface area contributed by atoms with Crippen LogP contribution in [0.25, 0.3) is 0 Å². The van der Waals surface area contributed by atoms with Crippen molar-refractivity contribution < 1.29 is 98.9 Å². The molecule has 24 heteroatoms. The van der Waals surface area contributed by atoms with Crippen molar-refractivity contribution in [3.63, 3.8) is 0 Å². The summed E-state index contributed by atoms with van der Waals surface area (Å²) in [6.07, 6.45) is -6.16. The molecule has 0 aromatic heterocycles. The average Bonchev–Trinajstić information content (AvgIpc) is 3.08. The van der Waals surface area contributed by atoms with E-state index in [9.17, 15) is 84.5 Å². The number of hydrogen-bond acceptors (Lipinski definition) is 5. The highest BCUT2D eigenvalue weighted by Gasteiger charge is 2.95. The van der Waals surface area contributed by atoms with Crippen molar-refractivity contribution in [1.82, 2.24) is 5.48 Å². The van der Waals surface area contributed by atoms with Crippen molar-refractivity contribution in [3.05, 3.63) is 54.1 Å². The first kappa shape index (κ1) is 50.9. The highest BCUT2D eigenvalue weighted by Crippen LogP contribution is 2.64. The molecule has 0 saturated heterocycles. The lowest BCUT2D eigenvalue weighted by Crippen LogP contribution is -2.74. The number of halogens is 17. The standard InChI is InChI=1S/C32H38F17NO5Si/c1-18(2)56(19(3)4,55-16-15-54-22-12-10-21(11-13-22)24(52)20(5)8-6-7-9-23(51)50-53)17-14-25(33,34)26(35,36)27(37,38)28(39,40)29(41,42)30(43,44)31(45,46)32(47,48)49/h6-13,18-20,24,52-53H,14-17H2,1-5H3,(H,50,51)/b8-6+,9-7+/t20-,24+/m1/s1. The van der Waals surface area contributed by atoms with Crippen molar-refractivity contribution in [3.8, 4) is 5.75 Å². The van der Waals surface area contributed by atoms with Gasteiger partial charge in [-0.25, -0.2) is 5.48 Å². The Morgan fingerprint density at radius 2 is 1.14 bits per heavy atom. The monoisotopic (exact) mass is 867 g/mol. The number of ether oxygens (including phenoxy) is 1. The van der Waals surface area contributed by atoms with Crippen LogP contribution in [0.5, 0.6) is 5.75 Å². The molecule has 1 amide bonds. The molecular formula is C32H38F17NO5Si. The van der Waals surface area contributed by atoms with Gasteiger partial charge in [0.15, 0.2) is 8.32 Å². The van der Waals surface area contributed by atoms with E-state index in [-0.39, 0.29) is 12.4 Å². The quantitative estimate of drug-likeness (QED) is 0.0218. The van der Waals surface area contributed by atoms with Gasteiger partial charge in [0.2, 0.25) is 0 Å². The molecule has 2 atom stereocenters. The number of aliphatic hydroxyl groups excluding tert-OH is 1. The first-order chi connectivity index (χ1) is 25.1. The Kier molecular flexibility index (Phi) is 16.2. The largest absolute Gasteiger partial charge is 0.491 e. The van der Waals surface area contributed by atoms with Crippen molar-refractivity contribution in [2.75, 3.05) is 13.2 Å². The van der Waals surface area contributed by atoms with Gasteiger partial charge in [-0.15, -0.1) is 0 Å². The molecule has 3 N–H and O–H groups in total. The minimum Gasteiger partial charge on any atom is -0.491 e. The first-order valence-electron chi connectivity index (χ1n) is 16.1. The molecule has 0 heterocycles. The Bertz CT molecular complexity index is 1490. The second kappa shape index (κ2) is 17.8. The molecule has 0 aliphatic rings. The van der Waals surface area contributed by atoms with Gasteiger partial charge in [-0.05, 0) is 34.8 Å². The van der Waals surface area contributed by atoms with Crippen molar-refractivity contribution in [2.24, 2.45) is 5.92 Å². The molecule has 0 spiro atoms. The van der Waals surface area contributed by atoms with Crippen molar-refractivity contribution in [1.29, 1.82) is 0 Å². The van der Waals surface area contributed by atoms with Gasteiger partial charge in [-0.1, -0.05) is 65.0 Å². The number of alkyl halides is 17. The van der Waals surface area contributed by atoms with Crippen molar-refractivity contribution >= 4 is 14.2 Å². The predicted molar refractivity (Wildman–Crippen MR) is 166 cm³/mol. The van der Waals surface area contributed by atoms with Gasteiger partial charge < -0.3 is 14.3 Å². The number of carbonyl (C=O) groups excluding carboxylic acids is 1. The van der Waals surface area contributed by atoms with Crippen molar-refractivity contribution in [2.45, 2.75) is 112 Å². The first-order valence-corrected chi connectivity index (χ1v) is 18.4. The summed E-state index contributed by atoms with van der Waals surface area (Å²) < 4.78 is 245. The van der Waals surface area contributed by atoms with Gasteiger partial charge in [0.25, 0.3) is 5.91 Å². The van der Waals surface area contributed by atoms with Crippen LogP contribution in [0.15, 0.2) is 48.6 Å². The molecule has 0 bridgehead atoms. The summed E-state index contributed by atoms with van der Waals surface area (Å²) in [5.41, 5.74) is 0.0546. The summed E-state index contributed by atoms with van der Waals surface area (Å²) >= 11 is 0. The SMILES string of the molecule is CC(C)[Si](CCC(F)(F)C(F)(F)C(F)(F)C(F)(F)C(F)(F)C(F)(F)C(F)(F)C(F)(F)F)(OCCOc1ccc([C@@H](O)[C@H](C)/C=C/C=C/C(=O)NO)cc1)C(C)C.